The van der Waals surface area contributed by atoms with Crippen LogP contribution in [0.3, 0.4) is 0 Å². The molecule has 24 heavy (non-hydrogen) atoms. The second-order valence-electron chi connectivity index (χ2n) is 4.95. The fourth-order valence-corrected chi connectivity index (χ4v) is 2.92. The number of aromatic hydroxyl groups is 2. The number of fused-ring (bicyclic) bond motifs is 1. The Morgan fingerprint density at radius 3 is 2.17 bits per heavy atom. The predicted molar refractivity (Wildman–Crippen MR) is 89.0 cm³/mol. The predicted octanol–water partition coefficient (Wildman–Crippen LogP) is 3.94. The molecular weight excluding hydrogens is 405 g/mol. The van der Waals surface area contributed by atoms with Crippen molar-refractivity contribution in [2.24, 2.45) is 0 Å². The molecule has 0 spiro atoms. The van der Waals surface area contributed by atoms with E-state index in [4.69, 9.17) is 11.6 Å². The summed E-state index contributed by atoms with van der Waals surface area (Å²) in [6.45, 7) is 0. The smallest absolute Gasteiger partial charge is 0.215 e. The monoisotopic (exact) mass is 411 g/mol. The van der Waals surface area contributed by atoms with Gasteiger partial charge in [0, 0.05) is 5.69 Å². The van der Waals surface area contributed by atoms with E-state index in [0.717, 1.165) is 18.2 Å². The number of ketones is 2. The van der Waals surface area contributed by atoms with Gasteiger partial charge < -0.3 is 15.5 Å². The summed E-state index contributed by atoms with van der Waals surface area (Å²) in [6, 6.07) is 6.08. The number of benzene rings is 2. The third kappa shape index (κ3) is 2.55. The van der Waals surface area contributed by atoms with Crippen LogP contribution in [0.5, 0.6) is 11.5 Å². The van der Waals surface area contributed by atoms with Crippen LogP contribution in [-0.4, -0.2) is 21.8 Å². The minimum absolute atomic E-state index is 0.152. The molecule has 5 nitrogen and oxygen atoms in total. The molecule has 0 aromatic heterocycles. The fourth-order valence-electron chi connectivity index (χ4n) is 2.32. The maximum atomic E-state index is 13.3. The molecule has 0 saturated heterocycles. The Kier molecular flexibility index (Phi) is 4.06. The number of halogens is 3. The molecule has 3 rings (SSSR count). The van der Waals surface area contributed by atoms with E-state index in [2.05, 4.69) is 21.2 Å². The molecule has 0 unspecified atom stereocenters. The molecule has 0 heterocycles. The third-order valence-electron chi connectivity index (χ3n) is 3.45. The normalized spacial score (nSPS) is 14.0. The van der Waals surface area contributed by atoms with Gasteiger partial charge in [0.05, 0.1) is 15.6 Å². The molecule has 1 aliphatic rings. The van der Waals surface area contributed by atoms with Crippen LogP contribution < -0.4 is 5.32 Å². The van der Waals surface area contributed by atoms with Gasteiger partial charge in [-0.15, -0.1) is 0 Å². The van der Waals surface area contributed by atoms with E-state index in [9.17, 15) is 24.2 Å². The molecule has 1 aliphatic carbocycles. The zero-order chi connectivity index (χ0) is 17.6. The van der Waals surface area contributed by atoms with Crippen molar-refractivity contribution in [3.63, 3.8) is 0 Å². The molecule has 0 saturated carbocycles. The van der Waals surface area contributed by atoms with E-state index in [1.807, 2.05) is 0 Å². The van der Waals surface area contributed by atoms with Gasteiger partial charge in [-0.1, -0.05) is 11.6 Å². The molecule has 0 radical (unpaired) electrons. The van der Waals surface area contributed by atoms with Crippen molar-refractivity contribution in [1.29, 1.82) is 0 Å². The number of phenols is 2. The number of anilines is 1. The number of allylic oxidation sites excluding steroid dienone is 2. The van der Waals surface area contributed by atoms with Crippen LogP contribution in [0.25, 0.3) is 0 Å². The third-order valence-corrected chi connectivity index (χ3v) is 4.42. The molecule has 0 amide bonds. The Balaban J connectivity index is 2.10. The Morgan fingerprint density at radius 2 is 1.58 bits per heavy atom. The number of rotatable bonds is 2. The Bertz CT molecular complexity index is 942. The van der Waals surface area contributed by atoms with Gasteiger partial charge in [-0.05, 0) is 46.3 Å². The molecule has 3 N–H and O–H groups in total. The number of hydrogen-bond acceptors (Lipinski definition) is 5. The van der Waals surface area contributed by atoms with Crippen LogP contribution in [0, 0.1) is 5.82 Å². The molecule has 122 valence electrons. The van der Waals surface area contributed by atoms with Crippen LogP contribution in [-0.2, 0) is 0 Å². The highest BCUT2D eigenvalue weighted by Crippen LogP contribution is 2.38. The zero-order valence-electron chi connectivity index (χ0n) is 11.7. The molecule has 0 atom stereocenters. The first-order valence-corrected chi connectivity index (χ1v) is 7.74. The maximum absolute atomic E-state index is 13.3. The lowest BCUT2D eigenvalue weighted by atomic mass is 9.90. The van der Waals surface area contributed by atoms with Gasteiger partial charge in [0.2, 0.25) is 11.6 Å². The quantitative estimate of drug-likeness (QED) is 0.651. The number of carbonyl (C=O) groups excluding carboxylic acids is 2. The highest BCUT2D eigenvalue weighted by Gasteiger charge is 2.36. The first-order valence-electron chi connectivity index (χ1n) is 6.57. The van der Waals surface area contributed by atoms with Gasteiger partial charge in [0.25, 0.3) is 0 Å². The van der Waals surface area contributed by atoms with Crippen LogP contribution in [0.15, 0.2) is 45.5 Å². The molecule has 0 aliphatic heterocycles. The molecule has 0 fully saturated rings. The van der Waals surface area contributed by atoms with Gasteiger partial charge >= 0.3 is 0 Å². The van der Waals surface area contributed by atoms with Crippen LogP contribution >= 0.6 is 27.5 Å². The average molecular weight is 413 g/mol. The van der Waals surface area contributed by atoms with Gasteiger partial charge in [-0.3, -0.25) is 9.59 Å². The first-order chi connectivity index (χ1) is 11.3. The highest BCUT2D eigenvalue weighted by atomic mass is 79.9. The first kappa shape index (κ1) is 16.5. The summed E-state index contributed by atoms with van der Waals surface area (Å²) >= 11 is 8.98. The second kappa shape index (κ2) is 5.92. The molecule has 2 aromatic rings. The van der Waals surface area contributed by atoms with E-state index in [-0.39, 0.29) is 21.3 Å². The van der Waals surface area contributed by atoms with Crippen molar-refractivity contribution in [2.45, 2.75) is 0 Å². The molecule has 0 bridgehead atoms. The van der Waals surface area contributed by atoms with Gasteiger partial charge in [0.1, 0.15) is 28.0 Å². The topological polar surface area (TPSA) is 86.6 Å². The standard InChI is InChI=1S/C16H8BrClFNO4/c17-7-5-6(1-2-8(7)19)20-14-13(18)15(23)11-9(21)3-4-10(22)12(11)16(14)24/h1-5,20-22H. The molecule has 2 aromatic carbocycles. The fraction of sp³-hybridized carbons (Fsp3) is 0. The Hall–Kier alpha value is -2.38. The van der Waals surface area contributed by atoms with Gasteiger partial charge in [-0.2, -0.15) is 0 Å². The van der Waals surface area contributed by atoms with Gasteiger partial charge in [0.15, 0.2) is 0 Å². The summed E-state index contributed by atoms with van der Waals surface area (Å²) < 4.78 is 13.4. The van der Waals surface area contributed by atoms with Crippen molar-refractivity contribution >= 4 is 44.8 Å². The lowest BCUT2D eigenvalue weighted by molar-refractivity contribution is 0.0977. The largest absolute Gasteiger partial charge is 0.507 e. The van der Waals surface area contributed by atoms with Crippen LogP contribution in [0.2, 0.25) is 0 Å². The summed E-state index contributed by atoms with van der Waals surface area (Å²) in [7, 11) is 0. The van der Waals surface area contributed by atoms with E-state index in [0.29, 0.717) is 5.69 Å². The van der Waals surface area contributed by atoms with E-state index in [1.165, 1.54) is 12.1 Å². The van der Waals surface area contributed by atoms with Crippen molar-refractivity contribution in [3.05, 3.63) is 62.5 Å². The van der Waals surface area contributed by atoms with Crippen LogP contribution in [0.4, 0.5) is 10.1 Å². The number of nitrogens with one attached hydrogen (secondary N) is 1. The lowest BCUT2D eigenvalue weighted by Crippen LogP contribution is -2.24. The van der Waals surface area contributed by atoms with Crippen molar-refractivity contribution in [3.8, 4) is 11.5 Å². The summed E-state index contributed by atoms with van der Waals surface area (Å²) in [4.78, 5) is 24.9. The van der Waals surface area contributed by atoms with Gasteiger partial charge in [-0.25, -0.2) is 4.39 Å². The SMILES string of the molecule is O=C1C(Cl)=C(Nc2ccc(F)c(Br)c2)C(=O)c2c(O)ccc(O)c21. The lowest BCUT2D eigenvalue weighted by Gasteiger charge is -2.20. The molecule has 8 heteroatoms. The summed E-state index contributed by atoms with van der Waals surface area (Å²) in [5.74, 6) is -2.97. The summed E-state index contributed by atoms with van der Waals surface area (Å²) in [5, 5.41) is 21.9. The van der Waals surface area contributed by atoms with Crippen molar-refractivity contribution in [2.75, 3.05) is 5.32 Å². The number of phenolic OH excluding ortho intramolecular Hbond substituents is 2. The maximum Gasteiger partial charge on any atom is 0.215 e. The number of Topliss-reactive ketones (excluding diaryl/α,β-unsaturated/α-hetero) is 2. The summed E-state index contributed by atoms with van der Waals surface area (Å²) in [5.41, 5.74) is -0.654. The second-order valence-corrected chi connectivity index (χ2v) is 6.19. The minimum atomic E-state index is -0.802. The van der Waals surface area contributed by atoms with Crippen molar-refractivity contribution < 1.29 is 24.2 Å². The van der Waals surface area contributed by atoms with Crippen LogP contribution in [0.1, 0.15) is 20.7 Å². The summed E-state index contributed by atoms with van der Waals surface area (Å²) in [6.07, 6.45) is 0. The van der Waals surface area contributed by atoms with E-state index >= 15 is 0 Å². The minimum Gasteiger partial charge on any atom is -0.507 e. The highest BCUT2D eigenvalue weighted by molar-refractivity contribution is 9.10. The van der Waals surface area contributed by atoms with E-state index < -0.39 is 33.9 Å². The number of hydrogen-bond donors (Lipinski definition) is 3. The van der Waals surface area contributed by atoms with E-state index in [1.54, 1.807) is 0 Å². The average Bonchev–Trinajstić information content (AvgIpc) is 2.54. The molecular formula is C16H8BrClFNO4. The number of carbonyl (C=O) groups is 2. The Labute approximate surface area is 148 Å². The van der Waals surface area contributed by atoms with Crippen molar-refractivity contribution in [1.82, 2.24) is 0 Å². The zero-order valence-corrected chi connectivity index (χ0v) is 14.1. The Morgan fingerprint density at radius 1 is 1.00 bits per heavy atom.